The second-order valence-electron chi connectivity index (χ2n) is 2.73. The molecule has 0 aromatic rings. The van der Waals surface area contributed by atoms with Gasteiger partial charge in [-0.25, -0.2) is 10.0 Å². The summed E-state index contributed by atoms with van der Waals surface area (Å²) in [5, 5.41) is 13.0. The van der Waals surface area contributed by atoms with Gasteiger partial charge in [0.15, 0.2) is 0 Å². The number of rotatable bonds is 1. The highest BCUT2D eigenvalue weighted by Crippen LogP contribution is 2.10. The molecule has 0 unspecified atom stereocenters. The van der Waals surface area contributed by atoms with Gasteiger partial charge in [0.05, 0.1) is 0 Å². The summed E-state index contributed by atoms with van der Waals surface area (Å²) in [6, 6.07) is 0. The molecule has 0 bridgehead atoms. The molecule has 1 heterocycles. The largest absolute Gasteiger partial charge is 0.396 e. The van der Waals surface area contributed by atoms with E-state index in [0.29, 0.717) is 12.5 Å². The predicted octanol–water partition coefficient (Wildman–Crippen LogP) is -0.613. The standard InChI is InChI=1S/C6H14N2O/c1-7-3-6(5-9)4-8(7)2/h6,9H,3-5H2,1-2H3. The van der Waals surface area contributed by atoms with E-state index < -0.39 is 0 Å². The van der Waals surface area contributed by atoms with Crippen LogP contribution in [-0.2, 0) is 0 Å². The van der Waals surface area contributed by atoms with E-state index in [1.807, 2.05) is 14.1 Å². The smallest absolute Gasteiger partial charge is 0.0484 e. The van der Waals surface area contributed by atoms with Crippen LogP contribution in [0.5, 0.6) is 0 Å². The zero-order chi connectivity index (χ0) is 6.85. The Balaban J connectivity index is 2.35. The third-order valence-corrected chi connectivity index (χ3v) is 1.89. The molecule has 0 amide bonds. The van der Waals surface area contributed by atoms with E-state index >= 15 is 0 Å². The topological polar surface area (TPSA) is 26.7 Å². The monoisotopic (exact) mass is 130 g/mol. The molecule has 0 aliphatic carbocycles. The highest BCUT2D eigenvalue weighted by atomic mass is 16.3. The maximum atomic E-state index is 8.75. The van der Waals surface area contributed by atoms with E-state index in [2.05, 4.69) is 10.0 Å². The normalized spacial score (nSPS) is 25.7. The molecule has 0 atom stereocenters. The zero-order valence-electron chi connectivity index (χ0n) is 6.04. The maximum Gasteiger partial charge on any atom is 0.0484 e. The van der Waals surface area contributed by atoms with Gasteiger partial charge in [0.25, 0.3) is 0 Å². The van der Waals surface area contributed by atoms with Crippen LogP contribution in [-0.4, -0.2) is 48.9 Å². The quantitative estimate of drug-likeness (QED) is 0.513. The molecular weight excluding hydrogens is 116 g/mol. The molecule has 0 spiro atoms. The summed E-state index contributed by atoms with van der Waals surface area (Å²) in [5.74, 6) is 0.458. The third kappa shape index (κ3) is 1.41. The highest BCUT2D eigenvalue weighted by molar-refractivity contribution is 4.70. The van der Waals surface area contributed by atoms with Crippen LogP contribution in [0.2, 0.25) is 0 Å². The summed E-state index contributed by atoms with van der Waals surface area (Å²) in [4.78, 5) is 0. The van der Waals surface area contributed by atoms with Gasteiger partial charge in [-0.3, -0.25) is 0 Å². The number of hydrogen-bond donors (Lipinski definition) is 1. The van der Waals surface area contributed by atoms with E-state index in [9.17, 15) is 0 Å². The zero-order valence-corrected chi connectivity index (χ0v) is 6.04. The second kappa shape index (κ2) is 2.64. The summed E-state index contributed by atoms with van der Waals surface area (Å²) in [7, 11) is 4.07. The van der Waals surface area contributed by atoms with Crippen LogP contribution in [0.4, 0.5) is 0 Å². The van der Waals surface area contributed by atoms with Gasteiger partial charge in [-0.2, -0.15) is 0 Å². The van der Waals surface area contributed by atoms with Gasteiger partial charge in [-0.05, 0) is 0 Å². The first-order valence-electron chi connectivity index (χ1n) is 3.27. The Labute approximate surface area is 55.8 Å². The molecule has 3 nitrogen and oxygen atoms in total. The van der Waals surface area contributed by atoms with E-state index in [1.54, 1.807) is 0 Å². The lowest BCUT2D eigenvalue weighted by atomic mass is 10.2. The molecule has 3 heteroatoms. The van der Waals surface area contributed by atoms with Crippen molar-refractivity contribution in [1.82, 2.24) is 10.0 Å². The summed E-state index contributed by atoms with van der Waals surface area (Å²) in [6.07, 6.45) is 0. The first-order valence-corrected chi connectivity index (χ1v) is 3.27. The minimum Gasteiger partial charge on any atom is -0.396 e. The first kappa shape index (κ1) is 6.99. The Hall–Kier alpha value is -0.120. The van der Waals surface area contributed by atoms with E-state index in [4.69, 9.17) is 5.11 Å². The maximum absolute atomic E-state index is 8.75. The van der Waals surface area contributed by atoms with Crippen LogP contribution >= 0.6 is 0 Å². The SMILES string of the molecule is CN1CC(CO)CN1C. The van der Waals surface area contributed by atoms with Gasteiger partial charge < -0.3 is 5.11 Å². The minimum atomic E-state index is 0.314. The Morgan fingerprint density at radius 3 is 2.00 bits per heavy atom. The molecular formula is C6H14N2O. The van der Waals surface area contributed by atoms with Crippen molar-refractivity contribution in [2.45, 2.75) is 0 Å². The van der Waals surface area contributed by atoms with Gasteiger partial charge in [-0.15, -0.1) is 0 Å². The fourth-order valence-corrected chi connectivity index (χ4v) is 1.20. The summed E-state index contributed by atoms with van der Waals surface area (Å²) in [5.41, 5.74) is 0. The van der Waals surface area contributed by atoms with Gasteiger partial charge in [0, 0.05) is 39.7 Å². The van der Waals surface area contributed by atoms with E-state index in [1.165, 1.54) is 0 Å². The predicted molar refractivity (Wildman–Crippen MR) is 35.8 cm³/mol. The van der Waals surface area contributed by atoms with Crippen molar-refractivity contribution < 1.29 is 5.11 Å². The number of aliphatic hydroxyl groups is 1. The Morgan fingerprint density at radius 2 is 1.78 bits per heavy atom. The average Bonchev–Trinajstić information content (AvgIpc) is 2.13. The van der Waals surface area contributed by atoms with Crippen molar-refractivity contribution in [3.05, 3.63) is 0 Å². The Kier molecular flexibility index (Phi) is 2.05. The van der Waals surface area contributed by atoms with Gasteiger partial charge in [0.1, 0.15) is 0 Å². The van der Waals surface area contributed by atoms with Crippen LogP contribution < -0.4 is 0 Å². The third-order valence-electron chi connectivity index (χ3n) is 1.89. The molecule has 0 saturated carbocycles. The van der Waals surface area contributed by atoms with Crippen LogP contribution in [0.1, 0.15) is 0 Å². The van der Waals surface area contributed by atoms with Crippen molar-refractivity contribution in [3.8, 4) is 0 Å². The number of hydrogen-bond acceptors (Lipinski definition) is 3. The molecule has 1 N–H and O–H groups in total. The van der Waals surface area contributed by atoms with Crippen LogP contribution in [0.15, 0.2) is 0 Å². The molecule has 0 aromatic heterocycles. The van der Waals surface area contributed by atoms with Gasteiger partial charge >= 0.3 is 0 Å². The molecule has 1 rings (SSSR count). The lowest BCUT2D eigenvalue weighted by Gasteiger charge is -2.16. The van der Waals surface area contributed by atoms with Crippen molar-refractivity contribution in [2.75, 3.05) is 33.8 Å². The lowest BCUT2D eigenvalue weighted by molar-refractivity contribution is 0.0894. The molecule has 1 fully saturated rings. The average molecular weight is 130 g/mol. The molecule has 54 valence electrons. The first-order chi connectivity index (χ1) is 4.24. The summed E-state index contributed by atoms with van der Waals surface area (Å²) < 4.78 is 0. The van der Waals surface area contributed by atoms with Crippen molar-refractivity contribution in [3.63, 3.8) is 0 Å². The number of hydrazine groups is 1. The highest BCUT2D eigenvalue weighted by Gasteiger charge is 2.22. The van der Waals surface area contributed by atoms with Gasteiger partial charge in [-0.1, -0.05) is 0 Å². The molecule has 1 aliphatic rings. The van der Waals surface area contributed by atoms with Crippen molar-refractivity contribution in [1.29, 1.82) is 0 Å². The van der Waals surface area contributed by atoms with E-state index in [0.717, 1.165) is 13.1 Å². The minimum absolute atomic E-state index is 0.314. The summed E-state index contributed by atoms with van der Waals surface area (Å²) >= 11 is 0. The summed E-state index contributed by atoms with van der Waals surface area (Å²) in [6.45, 7) is 2.30. The Morgan fingerprint density at radius 1 is 1.33 bits per heavy atom. The van der Waals surface area contributed by atoms with Crippen LogP contribution in [0, 0.1) is 5.92 Å². The van der Waals surface area contributed by atoms with Crippen LogP contribution in [0.3, 0.4) is 0 Å². The van der Waals surface area contributed by atoms with Crippen molar-refractivity contribution >= 4 is 0 Å². The van der Waals surface area contributed by atoms with Crippen molar-refractivity contribution in [2.24, 2.45) is 5.92 Å². The van der Waals surface area contributed by atoms with Crippen LogP contribution in [0.25, 0.3) is 0 Å². The molecule has 1 aliphatic heterocycles. The fourth-order valence-electron chi connectivity index (χ4n) is 1.20. The Bertz CT molecular complexity index is 87.1. The molecule has 0 aromatic carbocycles. The molecule has 0 radical (unpaired) electrons. The number of nitrogens with zero attached hydrogens (tertiary/aromatic N) is 2. The van der Waals surface area contributed by atoms with Gasteiger partial charge in [0.2, 0.25) is 0 Å². The molecule has 1 saturated heterocycles. The van der Waals surface area contributed by atoms with E-state index in [-0.39, 0.29) is 0 Å². The second-order valence-corrected chi connectivity index (χ2v) is 2.73. The number of aliphatic hydroxyl groups excluding tert-OH is 1. The lowest BCUT2D eigenvalue weighted by Crippen LogP contribution is -2.28. The fraction of sp³-hybridized carbons (Fsp3) is 1.00. The molecule has 9 heavy (non-hydrogen) atoms.